The van der Waals surface area contributed by atoms with E-state index in [4.69, 9.17) is 0 Å². The van der Waals surface area contributed by atoms with Gasteiger partial charge in [-0.3, -0.25) is 9.69 Å². The Morgan fingerprint density at radius 2 is 2.00 bits per heavy atom. The van der Waals surface area contributed by atoms with Crippen LogP contribution < -0.4 is 10.5 Å². The summed E-state index contributed by atoms with van der Waals surface area (Å²) in [5.41, 5.74) is 1.83. The van der Waals surface area contributed by atoms with Crippen LogP contribution in [-0.4, -0.2) is 64.5 Å². The predicted octanol–water partition coefficient (Wildman–Crippen LogP) is 1.66. The molecule has 0 unspecified atom stereocenters. The molecule has 0 spiro atoms. The lowest BCUT2D eigenvalue weighted by atomic mass is 10.1. The van der Waals surface area contributed by atoms with E-state index in [1.807, 2.05) is 6.20 Å². The third-order valence-electron chi connectivity index (χ3n) is 5.41. The van der Waals surface area contributed by atoms with Crippen LogP contribution in [0.2, 0.25) is 0 Å². The van der Waals surface area contributed by atoms with Gasteiger partial charge in [-0.05, 0) is 7.05 Å². The smallest absolute Gasteiger partial charge is 0.255 e. The zero-order valence-electron chi connectivity index (χ0n) is 16.4. The molecule has 0 aliphatic carbocycles. The summed E-state index contributed by atoms with van der Waals surface area (Å²) in [6.07, 6.45) is 2.83. The zero-order chi connectivity index (χ0) is 19.0. The first kappa shape index (κ1) is 18.6. The SMILES string of the molecule is CC(C)c1nc2c(c(=O)[nH]1)CN(Cc1cnc(N3CCN(C)CC3)s1)CC2. The summed E-state index contributed by atoms with van der Waals surface area (Å²) in [5.74, 6) is 1.04. The van der Waals surface area contributed by atoms with E-state index in [0.29, 0.717) is 6.54 Å². The van der Waals surface area contributed by atoms with Crippen molar-refractivity contribution in [3.63, 3.8) is 0 Å². The second-order valence-corrected chi connectivity index (χ2v) is 8.98. The Hall–Kier alpha value is -1.77. The Kier molecular flexibility index (Phi) is 5.29. The van der Waals surface area contributed by atoms with Gasteiger partial charge in [0.2, 0.25) is 0 Å². The Morgan fingerprint density at radius 1 is 1.22 bits per heavy atom. The molecule has 0 radical (unpaired) electrons. The number of likely N-dealkylation sites (N-methyl/N-ethyl adjacent to an activating group) is 1. The van der Waals surface area contributed by atoms with Crippen molar-refractivity contribution in [1.29, 1.82) is 0 Å². The maximum atomic E-state index is 12.5. The summed E-state index contributed by atoms with van der Waals surface area (Å²) in [5, 5.41) is 1.12. The first-order valence-electron chi connectivity index (χ1n) is 9.72. The van der Waals surface area contributed by atoms with Crippen LogP contribution >= 0.6 is 11.3 Å². The number of aromatic amines is 1. The lowest BCUT2D eigenvalue weighted by Gasteiger charge is -2.32. The lowest BCUT2D eigenvalue weighted by molar-refractivity contribution is 0.243. The van der Waals surface area contributed by atoms with Gasteiger partial charge in [0.15, 0.2) is 5.13 Å². The Bertz CT molecular complexity index is 852. The molecule has 2 aliphatic heterocycles. The molecule has 0 saturated carbocycles. The largest absolute Gasteiger partial charge is 0.346 e. The van der Waals surface area contributed by atoms with E-state index in [2.05, 4.69) is 50.5 Å². The van der Waals surface area contributed by atoms with Crippen LogP contribution in [-0.2, 0) is 19.5 Å². The molecular weight excluding hydrogens is 360 g/mol. The van der Waals surface area contributed by atoms with E-state index >= 15 is 0 Å². The molecule has 0 aromatic carbocycles. The van der Waals surface area contributed by atoms with Gasteiger partial charge in [-0.2, -0.15) is 0 Å². The average molecular weight is 389 g/mol. The third kappa shape index (κ3) is 4.07. The van der Waals surface area contributed by atoms with Gasteiger partial charge in [0.05, 0.1) is 11.3 Å². The van der Waals surface area contributed by atoms with Gasteiger partial charge in [-0.1, -0.05) is 13.8 Å². The number of nitrogens with zero attached hydrogens (tertiary/aromatic N) is 5. The van der Waals surface area contributed by atoms with Crippen LogP contribution in [0.1, 0.15) is 41.7 Å². The van der Waals surface area contributed by atoms with Crippen LogP contribution in [0.5, 0.6) is 0 Å². The monoisotopic (exact) mass is 388 g/mol. The third-order valence-corrected chi connectivity index (χ3v) is 6.45. The summed E-state index contributed by atoms with van der Waals surface area (Å²) in [6.45, 7) is 10.8. The predicted molar refractivity (Wildman–Crippen MR) is 109 cm³/mol. The van der Waals surface area contributed by atoms with Crippen molar-refractivity contribution in [1.82, 2.24) is 24.8 Å². The van der Waals surface area contributed by atoms with Crippen LogP contribution in [0.15, 0.2) is 11.0 Å². The molecule has 0 amide bonds. The van der Waals surface area contributed by atoms with Crippen molar-refractivity contribution in [2.24, 2.45) is 0 Å². The second kappa shape index (κ2) is 7.69. The van der Waals surface area contributed by atoms with Crippen LogP contribution in [0.3, 0.4) is 0 Å². The van der Waals surface area contributed by atoms with E-state index in [0.717, 1.165) is 67.9 Å². The van der Waals surface area contributed by atoms with E-state index in [9.17, 15) is 4.79 Å². The van der Waals surface area contributed by atoms with Gasteiger partial charge >= 0.3 is 0 Å². The topological polar surface area (TPSA) is 68.4 Å². The lowest BCUT2D eigenvalue weighted by Crippen LogP contribution is -2.44. The van der Waals surface area contributed by atoms with E-state index in [1.165, 1.54) is 4.88 Å². The van der Waals surface area contributed by atoms with Gasteiger partial charge in [-0.25, -0.2) is 9.97 Å². The number of H-pyrrole nitrogens is 1. The summed E-state index contributed by atoms with van der Waals surface area (Å²) in [6, 6.07) is 0. The molecule has 1 fully saturated rings. The standard InChI is InChI=1S/C19H28N6OS/c1-13(2)17-21-16-4-5-24(12-15(16)18(26)22-17)11-14-10-20-19(27-14)25-8-6-23(3)7-9-25/h10,13H,4-9,11-12H2,1-3H3,(H,21,22,26). The van der Waals surface area contributed by atoms with Crippen LogP contribution in [0.25, 0.3) is 0 Å². The highest BCUT2D eigenvalue weighted by Gasteiger charge is 2.23. The number of nitrogens with one attached hydrogen (secondary N) is 1. The molecule has 27 heavy (non-hydrogen) atoms. The molecule has 1 N–H and O–H groups in total. The molecule has 4 heterocycles. The number of anilines is 1. The maximum absolute atomic E-state index is 12.5. The maximum Gasteiger partial charge on any atom is 0.255 e. The first-order valence-corrected chi connectivity index (χ1v) is 10.5. The molecule has 7 nitrogen and oxygen atoms in total. The van der Waals surface area contributed by atoms with Crippen LogP contribution in [0, 0.1) is 0 Å². The molecule has 4 rings (SSSR count). The summed E-state index contributed by atoms with van der Waals surface area (Å²) in [4.78, 5) is 33.1. The fourth-order valence-corrected chi connectivity index (χ4v) is 4.65. The molecule has 2 aliphatic rings. The summed E-state index contributed by atoms with van der Waals surface area (Å²) >= 11 is 1.78. The van der Waals surface area contributed by atoms with E-state index in [-0.39, 0.29) is 11.5 Å². The number of hydrogen-bond acceptors (Lipinski definition) is 7. The highest BCUT2D eigenvalue weighted by atomic mass is 32.1. The average Bonchev–Trinajstić information content (AvgIpc) is 3.11. The highest BCUT2D eigenvalue weighted by molar-refractivity contribution is 7.15. The number of aromatic nitrogens is 3. The van der Waals surface area contributed by atoms with Gasteiger partial charge in [-0.15, -0.1) is 11.3 Å². The molecular formula is C19H28N6OS. The summed E-state index contributed by atoms with van der Waals surface area (Å²) < 4.78 is 0. The number of thiazole rings is 1. The van der Waals surface area contributed by atoms with Gasteiger partial charge in [0.25, 0.3) is 5.56 Å². The van der Waals surface area contributed by atoms with Crippen molar-refractivity contribution in [3.8, 4) is 0 Å². The van der Waals surface area contributed by atoms with E-state index < -0.39 is 0 Å². The minimum absolute atomic E-state index is 0.0239. The van der Waals surface area contributed by atoms with E-state index in [1.54, 1.807) is 11.3 Å². The number of rotatable bonds is 4. The molecule has 2 aromatic rings. The normalized spacial score (nSPS) is 18.9. The quantitative estimate of drug-likeness (QED) is 0.859. The fourth-order valence-electron chi connectivity index (χ4n) is 3.64. The van der Waals surface area contributed by atoms with Crippen LogP contribution in [0.4, 0.5) is 5.13 Å². The fraction of sp³-hybridized carbons (Fsp3) is 0.632. The molecule has 8 heteroatoms. The second-order valence-electron chi connectivity index (χ2n) is 7.89. The summed E-state index contributed by atoms with van der Waals surface area (Å²) in [7, 11) is 2.17. The molecule has 0 atom stereocenters. The Morgan fingerprint density at radius 3 is 2.74 bits per heavy atom. The molecule has 1 saturated heterocycles. The van der Waals surface area contributed by atoms with Crippen molar-refractivity contribution in [2.45, 2.75) is 39.3 Å². The van der Waals surface area contributed by atoms with Crippen molar-refractivity contribution < 1.29 is 0 Å². The number of fused-ring (bicyclic) bond motifs is 1. The molecule has 146 valence electrons. The Labute approximate surface area is 164 Å². The molecule has 2 aromatic heterocycles. The van der Waals surface area contributed by atoms with Gasteiger partial charge in [0.1, 0.15) is 5.82 Å². The number of hydrogen-bond donors (Lipinski definition) is 1. The minimum Gasteiger partial charge on any atom is -0.346 e. The van der Waals surface area contributed by atoms with Gasteiger partial charge < -0.3 is 14.8 Å². The van der Waals surface area contributed by atoms with Crippen molar-refractivity contribution in [2.75, 3.05) is 44.7 Å². The zero-order valence-corrected chi connectivity index (χ0v) is 17.2. The van der Waals surface area contributed by atoms with Gasteiger partial charge in [0, 0.05) is 69.2 Å². The minimum atomic E-state index is 0.0239. The molecule has 0 bridgehead atoms. The van der Waals surface area contributed by atoms with Crippen molar-refractivity contribution >= 4 is 16.5 Å². The highest BCUT2D eigenvalue weighted by Crippen LogP contribution is 2.26. The Balaban J connectivity index is 1.43. The van der Waals surface area contributed by atoms with Crippen molar-refractivity contribution in [3.05, 3.63) is 38.5 Å². The number of piperazine rings is 1. The first-order chi connectivity index (χ1) is 13.0.